The number of benzene rings is 3. The molecule has 0 atom stereocenters. The molecule has 4 aromatic rings. The molecular weight excluding hydrogens is 699 g/mol. The van der Waals surface area contributed by atoms with Gasteiger partial charge in [0.2, 0.25) is 0 Å². The maximum Gasteiger partial charge on any atom is 0.282 e. The SMILES string of the molecule is CCOc1cc(C=Nn2c(C(C)C)nc3ccc(Br)cc3c2=O)cc(I)c1OCC(=O)Nc1ccc(Cl)cc1. The van der Waals surface area contributed by atoms with Crippen LogP contribution in [0.5, 0.6) is 11.5 Å². The van der Waals surface area contributed by atoms with Crippen molar-refractivity contribution in [2.24, 2.45) is 5.10 Å². The van der Waals surface area contributed by atoms with Gasteiger partial charge in [-0.05, 0) is 89.7 Å². The number of amides is 1. The summed E-state index contributed by atoms with van der Waals surface area (Å²) < 4.78 is 14.5. The molecule has 1 amide bonds. The molecule has 0 fully saturated rings. The summed E-state index contributed by atoms with van der Waals surface area (Å²) in [5, 5.41) is 8.32. The second-order valence-electron chi connectivity index (χ2n) is 8.75. The molecule has 0 radical (unpaired) electrons. The van der Waals surface area contributed by atoms with Gasteiger partial charge in [0.25, 0.3) is 11.5 Å². The monoisotopic (exact) mass is 722 g/mol. The van der Waals surface area contributed by atoms with E-state index in [9.17, 15) is 9.59 Å². The molecule has 0 aliphatic heterocycles. The van der Waals surface area contributed by atoms with Crippen molar-refractivity contribution in [3.8, 4) is 11.5 Å². The fraction of sp³-hybridized carbons (Fsp3) is 0.214. The minimum absolute atomic E-state index is 0.0307. The van der Waals surface area contributed by atoms with E-state index < -0.39 is 0 Å². The van der Waals surface area contributed by atoms with Crippen LogP contribution >= 0.6 is 50.1 Å². The molecule has 8 nitrogen and oxygen atoms in total. The van der Waals surface area contributed by atoms with Crippen LogP contribution in [0.4, 0.5) is 5.69 Å². The molecule has 0 bridgehead atoms. The van der Waals surface area contributed by atoms with Gasteiger partial charge in [-0.2, -0.15) is 9.78 Å². The number of nitrogens with one attached hydrogen (secondary N) is 1. The van der Waals surface area contributed by atoms with Gasteiger partial charge in [-0.3, -0.25) is 9.59 Å². The number of hydrogen-bond acceptors (Lipinski definition) is 6. The van der Waals surface area contributed by atoms with Crippen molar-refractivity contribution in [3.05, 3.63) is 89.4 Å². The normalized spacial score (nSPS) is 11.4. The zero-order valence-corrected chi connectivity index (χ0v) is 25.9. The highest BCUT2D eigenvalue weighted by molar-refractivity contribution is 14.1. The first-order chi connectivity index (χ1) is 18.7. The number of ether oxygens (including phenoxy) is 2. The number of anilines is 1. The van der Waals surface area contributed by atoms with Crippen molar-refractivity contribution in [2.75, 3.05) is 18.5 Å². The molecule has 3 aromatic carbocycles. The van der Waals surface area contributed by atoms with E-state index in [0.717, 1.165) is 8.04 Å². The van der Waals surface area contributed by atoms with Crippen molar-refractivity contribution in [2.45, 2.75) is 26.7 Å². The van der Waals surface area contributed by atoms with E-state index in [2.05, 4.69) is 53.9 Å². The highest BCUT2D eigenvalue weighted by Crippen LogP contribution is 2.34. The summed E-state index contributed by atoms with van der Waals surface area (Å²) >= 11 is 11.4. The quantitative estimate of drug-likeness (QED) is 0.151. The van der Waals surface area contributed by atoms with Crippen LogP contribution in [0.1, 0.15) is 38.1 Å². The Bertz CT molecular complexity index is 1610. The molecular formula is C28H25BrClIN4O4. The minimum Gasteiger partial charge on any atom is -0.490 e. The van der Waals surface area contributed by atoms with E-state index >= 15 is 0 Å². The molecule has 0 saturated carbocycles. The number of carbonyl (C=O) groups excluding carboxylic acids is 1. The third-order valence-electron chi connectivity index (χ3n) is 5.48. The summed E-state index contributed by atoms with van der Waals surface area (Å²) in [6.07, 6.45) is 1.58. The Morgan fingerprint density at radius 1 is 1.18 bits per heavy atom. The van der Waals surface area contributed by atoms with Crippen molar-refractivity contribution in [3.63, 3.8) is 0 Å². The van der Waals surface area contributed by atoms with Crippen molar-refractivity contribution in [1.29, 1.82) is 0 Å². The molecule has 0 unspecified atom stereocenters. The predicted molar refractivity (Wildman–Crippen MR) is 167 cm³/mol. The number of fused-ring (bicyclic) bond motifs is 1. The van der Waals surface area contributed by atoms with Gasteiger partial charge in [0.15, 0.2) is 18.1 Å². The highest BCUT2D eigenvalue weighted by Gasteiger charge is 2.16. The molecule has 39 heavy (non-hydrogen) atoms. The Kier molecular flexibility index (Phi) is 9.62. The molecule has 1 aromatic heterocycles. The molecule has 0 spiro atoms. The Labute approximate surface area is 252 Å². The van der Waals surface area contributed by atoms with Crippen molar-refractivity contribution < 1.29 is 14.3 Å². The first-order valence-corrected chi connectivity index (χ1v) is 14.3. The highest BCUT2D eigenvalue weighted by atomic mass is 127. The second kappa shape index (κ2) is 12.9. The lowest BCUT2D eigenvalue weighted by Crippen LogP contribution is -2.23. The molecule has 0 aliphatic carbocycles. The molecule has 1 heterocycles. The van der Waals surface area contributed by atoms with Gasteiger partial charge in [0.05, 0.1) is 27.3 Å². The summed E-state index contributed by atoms with van der Waals surface area (Å²) in [7, 11) is 0. The predicted octanol–water partition coefficient (Wildman–Crippen LogP) is 6.84. The molecule has 11 heteroatoms. The number of rotatable bonds is 9. The number of halogens is 3. The van der Waals surface area contributed by atoms with E-state index in [1.807, 2.05) is 39.0 Å². The molecule has 0 saturated heterocycles. The molecule has 202 valence electrons. The summed E-state index contributed by atoms with van der Waals surface area (Å²) in [5.41, 5.74) is 1.67. The lowest BCUT2D eigenvalue weighted by atomic mass is 10.2. The largest absolute Gasteiger partial charge is 0.490 e. The first kappa shape index (κ1) is 29.0. The van der Waals surface area contributed by atoms with E-state index in [4.69, 9.17) is 21.1 Å². The van der Waals surface area contributed by atoms with Gasteiger partial charge in [-0.25, -0.2) is 4.98 Å². The van der Waals surface area contributed by atoms with Crippen LogP contribution < -0.4 is 20.3 Å². The van der Waals surface area contributed by atoms with Crippen molar-refractivity contribution in [1.82, 2.24) is 9.66 Å². The summed E-state index contributed by atoms with van der Waals surface area (Å²) in [4.78, 5) is 30.4. The Morgan fingerprint density at radius 2 is 1.92 bits per heavy atom. The minimum atomic E-state index is -0.322. The van der Waals surface area contributed by atoms with E-state index in [0.29, 0.717) is 51.1 Å². The molecule has 4 rings (SSSR count). The van der Waals surface area contributed by atoms with Crippen molar-refractivity contribution >= 4 is 78.8 Å². The molecule has 0 aliphatic rings. The maximum absolute atomic E-state index is 13.3. The third kappa shape index (κ3) is 7.17. The lowest BCUT2D eigenvalue weighted by Gasteiger charge is -2.15. The van der Waals surface area contributed by atoms with Crippen LogP contribution in [0.15, 0.2) is 69.0 Å². The van der Waals surface area contributed by atoms with E-state index in [-0.39, 0.29) is 24.0 Å². The number of carbonyl (C=O) groups is 1. The number of nitrogens with zero attached hydrogens (tertiary/aromatic N) is 3. The maximum atomic E-state index is 13.3. The Hall–Kier alpha value is -2.96. The van der Waals surface area contributed by atoms with Crippen LogP contribution in [-0.2, 0) is 4.79 Å². The second-order valence-corrected chi connectivity index (χ2v) is 11.3. The zero-order chi connectivity index (χ0) is 28.1. The van der Waals surface area contributed by atoms with Crippen LogP contribution in [0.3, 0.4) is 0 Å². The topological polar surface area (TPSA) is 94.8 Å². The van der Waals surface area contributed by atoms with Gasteiger partial charge in [0.1, 0.15) is 5.82 Å². The Balaban J connectivity index is 1.60. The first-order valence-electron chi connectivity index (χ1n) is 12.1. The Morgan fingerprint density at radius 3 is 2.62 bits per heavy atom. The average molecular weight is 724 g/mol. The van der Waals surface area contributed by atoms with E-state index in [1.165, 1.54) is 4.68 Å². The number of aromatic nitrogens is 2. The number of hydrogen-bond donors (Lipinski definition) is 1. The van der Waals surface area contributed by atoms with Crippen LogP contribution in [-0.4, -0.2) is 35.0 Å². The van der Waals surface area contributed by atoms with Gasteiger partial charge >= 0.3 is 0 Å². The van der Waals surface area contributed by atoms with E-state index in [1.54, 1.807) is 42.6 Å². The summed E-state index contributed by atoms with van der Waals surface area (Å²) in [5.74, 6) is 1.10. The van der Waals surface area contributed by atoms with Crippen LogP contribution in [0, 0.1) is 3.57 Å². The fourth-order valence-corrected chi connectivity index (χ4v) is 4.98. The van der Waals surface area contributed by atoms with Gasteiger partial charge < -0.3 is 14.8 Å². The standard InChI is InChI=1S/C28H25BrClIN4O4/c1-4-38-24-12-17(11-22(31)26(24)39-15-25(36)33-20-8-6-19(30)7-9-20)14-32-35-27(16(2)3)34-23-10-5-18(29)13-21(23)28(35)37/h5-14,16H,4,15H2,1-3H3,(H,33,36). The fourth-order valence-electron chi connectivity index (χ4n) is 3.71. The summed E-state index contributed by atoms with van der Waals surface area (Å²) in [6.45, 7) is 5.97. The average Bonchev–Trinajstić information content (AvgIpc) is 2.89. The van der Waals surface area contributed by atoms with Gasteiger partial charge in [-0.15, -0.1) is 0 Å². The van der Waals surface area contributed by atoms with Crippen LogP contribution in [0.2, 0.25) is 5.02 Å². The van der Waals surface area contributed by atoms with Gasteiger partial charge in [-0.1, -0.05) is 41.4 Å². The lowest BCUT2D eigenvalue weighted by molar-refractivity contribution is -0.118. The van der Waals surface area contributed by atoms with Crippen LogP contribution in [0.25, 0.3) is 10.9 Å². The third-order valence-corrected chi connectivity index (χ3v) is 7.03. The zero-order valence-electron chi connectivity index (χ0n) is 21.4. The summed E-state index contributed by atoms with van der Waals surface area (Å²) in [6, 6.07) is 15.8. The smallest absolute Gasteiger partial charge is 0.282 e. The molecule has 1 N–H and O–H groups in total. The van der Waals surface area contributed by atoms with Gasteiger partial charge in [0, 0.05) is 21.1 Å².